The van der Waals surface area contributed by atoms with Crippen molar-refractivity contribution >= 4 is 5.91 Å². The van der Waals surface area contributed by atoms with Crippen molar-refractivity contribution in [1.29, 1.82) is 0 Å². The number of amides is 1. The van der Waals surface area contributed by atoms with Gasteiger partial charge in [0.2, 0.25) is 0 Å². The normalized spacial score (nSPS) is 12.2. The number of nitrogens with zero attached hydrogens (tertiary/aromatic N) is 1. The molecule has 0 fully saturated rings. The minimum atomic E-state index is -0.300. The standard InChI is InChI=1S/C16H19FN2O2/c1-10(9-20)18-16(21)15-8-11(2)19(12(15)3)14-6-4-13(17)5-7-14/h4-8,10,20H,9H2,1-3H3,(H,18,21)/t10-/m0/s1. The maximum Gasteiger partial charge on any atom is 0.253 e. The fourth-order valence-electron chi connectivity index (χ4n) is 2.33. The van der Waals surface area contributed by atoms with E-state index in [1.165, 1.54) is 12.1 Å². The molecule has 0 aliphatic carbocycles. The third kappa shape index (κ3) is 3.13. The van der Waals surface area contributed by atoms with Crippen LogP contribution in [0.4, 0.5) is 4.39 Å². The largest absolute Gasteiger partial charge is 0.394 e. The van der Waals surface area contributed by atoms with E-state index in [0.29, 0.717) is 5.56 Å². The molecule has 0 saturated heterocycles. The lowest BCUT2D eigenvalue weighted by Gasteiger charge is -2.12. The van der Waals surface area contributed by atoms with Crippen molar-refractivity contribution in [3.05, 3.63) is 53.1 Å². The lowest BCUT2D eigenvalue weighted by molar-refractivity contribution is 0.0921. The van der Waals surface area contributed by atoms with Crippen LogP contribution in [0.1, 0.15) is 28.7 Å². The number of halogens is 1. The molecule has 112 valence electrons. The highest BCUT2D eigenvalue weighted by atomic mass is 19.1. The van der Waals surface area contributed by atoms with Crippen LogP contribution in [0.2, 0.25) is 0 Å². The van der Waals surface area contributed by atoms with Crippen molar-refractivity contribution in [2.75, 3.05) is 6.61 Å². The van der Waals surface area contributed by atoms with Crippen molar-refractivity contribution in [1.82, 2.24) is 9.88 Å². The maximum absolute atomic E-state index is 13.0. The topological polar surface area (TPSA) is 54.3 Å². The average Bonchev–Trinajstić information content (AvgIpc) is 2.75. The maximum atomic E-state index is 13.0. The van der Waals surface area contributed by atoms with Gasteiger partial charge in [0.1, 0.15) is 5.82 Å². The van der Waals surface area contributed by atoms with Crippen molar-refractivity contribution in [3.63, 3.8) is 0 Å². The Balaban J connectivity index is 2.38. The van der Waals surface area contributed by atoms with E-state index in [1.54, 1.807) is 25.1 Å². The molecule has 0 unspecified atom stereocenters. The van der Waals surface area contributed by atoms with E-state index < -0.39 is 0 Å². The molecular weight excluding hydrogens is 271 g/mol. The summed E-state index contributed by atoms with van der Waals surface area (Å²) in [5, 5.41) is 11.7. The first-order valence-electron chi connectivity index (χ1n) is 6.80. The molecule has 1 aromatic carbocycles. The Morgan fingerprint density at radius 3 is 2.52 bits per heavy atom. The van der Waals surface area contributed by atoms with Gasteiger partial charge in [-0.3, -0.25) is 4.79 Å². The summed E-state index contributed by atoms with van der Waals surface area (Å²) in [5.41, 5.74) is 3.03. The first kappa shape index (κ1) is 15.3. The summed E-state index contributed by atoms with van der Waals surface area (Å²) >= 11 is 0. The summed E-state index contributed by atoms with van der Waals surface area (Å²) in [6.45, 7) is 5.36. The minimum absolute atomic E-state index is 0.109. The number of benzene rings is 1. The van der Waals surface area contributed by atoms with Gasteiger partial charge >= 0.3 is 0 Å². The summed E-state index contributed by atoms with van der Waals surface area (Å²) in [7, 11) is 0. The summed E-state index contributed by atoms with van der Waals surface area (Å²) in [6, 6.07) is 7.62. The quantitative estimate of drug-likeness (QED) is 0.908. The van der Waals surface area contributed by atoms with Crippen LogP contribution in [0.25, 0.3) is 5.69 Å². The van der Waals surface area contributed by atoms with Gasteiger partial charge in [0.05, 0.1) is 12.2 Å². The molecule has 21 heavy (non-hydrogen) atoms. The Morgan fingerprint density at radius 1 is 1.33 bits per heavy atom. The van der Waals surface area contributed by atoms with Crippen molar-refractivity contribution in [3.8, 4) is 5.69 Å². The fraction of sp³-hybridized carbons (Fsp3) is 0.312. The molecule has 1 aromatic heterocycles. The van der Waals surface area contributed by atoms with Crippen LogP contribution >= 0.6 is 0 Å². The van der Waals surface area contributed by atoms with Gasteiger partial charge in [0.25, 0.3) is 5.91 Å². The first-order chi connectivity index (χ1) is 9.93. The number of carbonyl (C=O) groups excluding carboxylic acids is 1. The smallest absolute Gasteiger partial charge is 0.253 e. The average molecular weight is 290 g/mol. The van der Waals surface area contributed by atoms with Crippen LogP contribution in [0, 0.1) is 19.7 Å². The Labute approximate surface area is 123 Å². The second-order valence-corrected chi connectivity index (χ2v) is 5.15. The monoisotopic (exact) mass is 290 g/mol. The third-order valence-corrected chi connectivity index (χ3v) is 3.41. The second kappa shape index (κ2) is 6.10. The molecule has 5 heteroatoms. The summed E-state index contributed by atoms with van der Waals surface area (Å²) in [4.78, 5) is 12.2. The Hall–Kier alpha value is -2.14. The molecule has 4 nitrogen and oxygen atoms in total. The number of hydrogen-bond donors (Lipinski definition) is 2. The number of nitrogens with one attached hydrogen (secondary N) is 1. The molecule has 0 saturated carbocycles. The molecule has 1 amide bonds. The molecule has 1 heterocycles. The van der Waals surface area contributed by atoms with Gasteiger partial charge in [-0.2, -0.15) is 0 Å². The number of aliphatic hydroxyl groups is 1. The molecule has 0 bridgehead atoms. The lowest BCUT2D eigenvalue weighted by Crippen LogP contribution is -2.35. The molecular formula is C16H19FN2O2. The van der Waals surface area contributed by atoms with E-state index in [9.17, 15) is 9.18 Å². The minimum Gasteiger partial charge on any atom is -0.394 e. The van der Waals surface area contributed by atoms with Crippen molar-refractivity contribution in [2.24, 2.45) is 0 Å². The highest BCUT2D eigenvalue weighted by Crippen LogP contribution is 2.21. The molecule has 0 spiro atoms. The third-order valence-electron chi connectivity index (χ3n) is 3.41. The Kier molecular flexibility index (Phi) is 4.43. The highest BCUT2D eigenvalue weighted by Gasteiger charge is 2.17. The Morgan fingerprint density at radius 2 is 1.95 bits per heavy atom. The van der Waals surface area contributed by atoms with Crippen LogP contribution in [-0.4, -0.2) is 28.2 Å². The first-order valence-corrected chi connectivity index (χ1v) is 6.80. The molecule has 0 radical (unpaired) electrons. The summed E-state index contributed by atoms with van der Waals surface area (Å²) < 4.78 is 14.9. The zero-order valence-corrected chi connectivity index (χ0v) is 12.4. The van der Waals surface area contributed by atoms with Crippen molar-refractivity contribution in [2.45, 2.75) is 26.8 Å². The molecule has 2 rings (SSSR count). The zero-order valence-electron chi connectivity index (χ0n) is 12.4. The van der Waals surface area contributed by atoms with Gasteiger partial charge in [-0.1, -0.05) is 0 Å². The lowest BCUT2D eigenvalue weighted by atomic mass is 10.2. The number of hydrogen-bond acceptors (Lipinski definition) is 2. The number of aryl methyl sites for hydroxylation is 1. The van der Waals surface area contributed by atoms with Gasteiger partial charge in [-0.15, -0.1) is 0 Å². The van der Waals surface area contributed by atoms with E-state index in [0.717, 1.165) is 17.1 Å². The molecule has 2 N–H and O–H groups in total. The van der Waals surface area contributed by atoms with Crippen LogP contribution in [0.5, 0.6) is 0 Å². The molecule has 0 aliphatic rings. The van der Waals surface area contributed by atoms with Crippen LogP contribution < -0.4 is 5.32 Å². The van der Waals surface area contributed by atoms with Crippen molar-refractivity contribution < 1.29 is 14.3 Å². The van der Waals surface area contributed by atoms with Gasteiger partial charge in [0, 0.05) is 23.1 Å². The summed E-state index contributed by atoms with van der Waals surface area (Å²) in [6.07, 6.45) is 0. The van der Waals surface area contributed by atoms with Gasteiger partial charge in [-0.25, -0.2) is 4.39 Å². The summed E-state index contributed by atoms with van der Waals surface area (Å²) in [5.74, 6) is -0.519. The van der Waals surface area contributed by atoms with E-state index in [2.05, 4.69) is 5.32 Å². The highest BCUT2D eigenvalue weighted by molar-refractivity contribution is 5.96. The number of carbonyl (C=O) groups is 1. The van der Waals surface area contributed by atoms with Crippen LogP contribution in [-0.2, 0) is 0 Å². The molecule has 0 aliphatic heterocycles. The van der Waals surface area contributed by atoms with E-state index in [1.807, 2.05) is 18.4 Å². The van der Waals surface area contributed by atoms with Gasteiger partial charge in [-0.05, 0) is 51.1 Å². The second-order valence-electron chi connectivity index (χ2n) is 5.15. The van der Waals surface area contributed by atoms with Crippen LogP contribution in [0.15, 0.2) is 30.3 Å². The number of aliphatic hydroxyl groups excluding tert-OH is 1. The van der Waals surface area contributed by atoms with E-state index in [4.69, 9.17) is 5.11 Å². The zero-order chi connectivity index (χ0) is 15.6. The predicted octanol–water partition coefficient (Wildman–Crippen LogP) is 2.34. The SMILES string of the molecule is Cc1cc(C(=O)N[C@@H](C)CO)c(C)n1-c1ccc(F)cc1. The number of aromatic nitrogens is 1. The Bertz CT molecular complexity index is 647. The van der Waals surface area contributed by atoms with Gasteiger partial charge in [0.15, 0.2) is 0 Å². The molecule has 2 aromatic rings. The van der Waals surface area contributed by atoms with E-state index >= 15 is 0 Å². The number of rotatable bonds is 4. The van der Waals surface area contributed by atoms with E-state index in [-0.39, 0.29) is 24.4 Å². The predicted molar refractivity (Wildman–Crippen MR) is 79.2 cm³/mol. The fourth-order valence-corrected chi connectivity index (χ4v) is 2.33. The van der Waals surface area contributed by atoms with Crippen LogP contribution in [0.3, 0.4) is 0 Å². The van der Waals surface area contributed by atoms with Gasteiger partial charge < -0.3 is 15.0 Å². The molecule has 1 atom stereocenters.